The summed E-state index contributed by atoms with van der Waals surface area (Å²) in [4.78, 5) is 31.0. The fourth-order valence-electron chi connectivity index (χ4n) is 3.63. The zero-order chi connectivity index (χ0) is 19.5. The Morgan fingerprint density at radius 1 is 1.24 bits per heavy atom. The second-order valence-corrected chi connectivity index (χ2v) is 7.18. The number of benzene rings is 1. The van der Waals surface area contributed by atoms with Gasteiger partial charge in [-0.1, -0.05) is 6.07 Å². The Morgan fingerprint density at radius 3 is 2.79 bits per heavy atom. The molecule has 10 heteroatoms. The molecule has 2 aromatic rings. The van der Waals surface area contributed by atoms with Gasteiger partial charge in [-0.15, -0.1) is 12.4 Å². The van der Waals surface area contributed by atoms with Crippen molar-refractivity contribution in [3.8, 4) is 0 Å². The lowest BCUT2D eigenvalue weighted by Crippen LogP contribution is -2.46. The molecule has 1 aromatic heterocycles. The lowest BCUT2D eigenvalue weighted by atomic mass is 9.98. The van der Waals surface area contributed by atoms with Crippen molar-refractivity contribution < 1.29 is 9.59 Å². The summed E-state index contributed by atoms with van der Waals surface area (Å²) in [6.07, 6.45) is 2.87. The number of aromatic nitrogens is 3. The first-order valence-electron chi connectivity index (χ1n) is 9.70. The van der Waals surface area contributed by atoms with Crippen LogP contribution in [-0.2, 0) is 7.05 Å². The molecule has 3 heterocycles. The van der Waals surface area contributed by atoms with E-state index in [-0.39, 0.29) is 24.3 Å². The van der Waals surface area contributed by atoms with E-state index in [1.165, 1.54) is 0 Å². The summed E-state index contributed by atoms with van der Waals surface area (Å²) in [5.41, 5.74) is 1.18. The highest BCUT2D eigenvalue weighted by atomic mass is 35.5. The fraction of sp³-hybridized carbons (Fsp3) is 0.474. The number of urea groups is 1. The number of nitrogens with one attached hydrogen (secondary N) is 3. The molecule has 1 aromatic carbocycles. The van der Waals surface area contributed by atoms with Crippen molar-refractivity contribution in [3.05, 3.63) is 35.7 Å². The normalized spacial score (nSPS) is 17.4. The van der Waals surface area contributed by atoms with Gasteiger partial charge < -0.3 is 10.6 Å². The highest BCUT2D eigenvalue weighted by Crippen LogP contribution is 2.24. The first-order chi connectivity index (χ1) is 13.6. The van der Waals surface area contributed by atoms with Crippen LogP contribution in [0.2, 0.25) is 0 Å². The van der Waals surface area contributed by atoms with Crippen LogP contribution in [0.3, 0.4) is 0 Å². The molecule has 2 aliphatic heterocycles. The van der Waals surface area contributed by atoms with Crippen LogP contribution in [0.25, 0.3) is 0 Å². The third-order valence-electron chi connectivity index (χ3n) is 5.21. The van der Waals surface area contributed by atoms with Gasteiger partial charge in [0.25, 0.3) is 5.91 Å². The molecule has 156 valence electrons. The van der Waals surface area contributed by atoms with E-state index in [1.54, 1.807) is 34.8 Å². The highest BCUT2D eigenvalue weighted by Gasteiger charge is 2.23. The predicted octanol–water partition coefficient (Wildman–Crippen LogP) is 1.88. The molecule has 9 nitrogen and oxygen atoms in total. The molecular weight excluding hydrogens is 394 g/mol. The zero-order valence-corrected chi connectivity index (χ0v) is 17.2. The average molecular weight is 420 g/mol. The Balaban J connectivity index is 0.00000240. The van der Waals surface area contributed by atoms with E-state index in [0.717, 1.165) is 38.2 Å². The average Bonchev–Trinajstić information content (AvgIpc) is 3.09. The van der Waals surface area contributed by atoms with Crippen molar-refractivity contribution >= 4 is 36.0 Å². The minimum absolute atomic E-state index is 0. The number of hydrogen-bond donors (Lipinski definition) is 3. The Morgan fingerprint density at radius 2 is 2.03 bits per heavy atom. The summed E-state index contributed by atoms with van der Waals surface area (Å²) < 4.78 is 1.61. The van der Waals surface area contributed by atoms with Crippen LogP contribution in [0.1, 0.15) is 41.4 Å². The Kier molecular flexibility index (Phi) is 6.71. The SMILES string of the molecule is Cl.Cn1nc(C2CCNCC2)nc1NC(=O)c1cccc(N2CCCNC2=O)c1. The molecule has 4 rings (SSSR count). The smallest absolute Gasteiger partial charge is 0.321 e. The molecule has 0 unspecified atom stereocenters. The second-order valence-electron chi connectivity index (χ2n) is 7.18. The third-order valence-corrected chi connectivity index (χ3v) is 5.21. The van der Waals surface area contributed by atoms with Crippen molar-refractivity contribution in [2.24, 2.45) is 7.05 Å². The van der Waals surface area contributed by atoms with Gasteiger partial charge in [-0.05, 0) is 50.6 Å². The molecule has 3 amide bonds. The lowest BCUT2D eigenvalue weighted by Gasteiger charge is -2.27. The molecule has 2 saturated heterocycles. The molecule has 3 N–H and O–H groups in total. The van der Waals surface area contributed by atoms with Crippen molar-refractivity contribution in [3.63, 3.8) is 0 Å². The number of nitrogens with zero attached hydrogens (tertiary/aromatic N) is 4. The van der Waals surface area contributed by atoms with Crippen molar-refractivity contribution in [1.29, 1.82) is 0 Å². The number of amides is 3. The standard InChI is InChI=1S/C19H25N7O2.ClH/c1-25-18(22-16(24-25)13-6-9-20-10-7-13)23-17(27)14-4-2-5-15(12-14)26-11-3-8-21-19(26)28;/h2,4-5,12-13,20H,3,6-11H2,1H3,(H,21,28)(H,22,23,24,27);1H. The Labute approximate surface area is 175 Å². The van der Waals surface area contributed by atoms with Gasteiger partial charge in [0.2, 0.25) is 5.95 Å². The van der Waals surface area contributed by atoms with Crippen LogP contribution >= 0.6 is 12.4 Å². The number of carbonyl (C=O) groups excluding carboxylic acids is 2. The van der Waals surface area contributed by atoms with Gasteiger partial charge in [0.1, 0.15) is 0 Å². The summed E-state index contributed by atoms with van der Waals surface area (Å²) >= 11 is 0. The van der Waals surface area contributed by atoms with Crippen LogP contribution in [0.4, 0.5) is 16.4 Å². The summed E-state index contributed by atoms with van der Waals surface area (Å²) in [6, 6.07) is 6.93. The molecule has 0 spiro atoms. The van der Waals surface area contributed by atoms with E-state index < -0.39 is 0 Å². The number of aryl methyl sites for hydroxylation is 1. The fourth-order valence-corrected chi connectivity index (χ4v) is 3.63. The maximum absolute atomic E-state index is 12.7. The van der Waals surface area contributed by atoms with Crippen molar-refractivity contribution in [2.45, 2.75) is 25.2 Å². The third kappa shape index (κ3) is 4.68. The Hall–Kier alpha value is -2.65. The maximum atomic E-state index is 12.7. The van der Waals surface area contributed by atoms with Gasteiger partial charge in [0, 0.05) is 37.3 Å². The van der Waals surface area contributed by atoms with Crippen molar-refractivity contribution in [2.75, 3.05) is 36.4 Å². The molecule has 0 aliphatic carbocycles. The molecule has 0 radical (unpaired) electrons. The molecule has 0 saturated carbocycles. The van der Waals surface area contributed by atoms with Crippen LogP contribution in [0.5, 0.6) is 0 Å². The number of hydrogen-bond acceptors (Lipinski definition) is 5. The largest absolute Gasteiger partial charge is 0.338 e. The Bertz CT molecular complexity index is 879. The summed E-state index contributed by atoms with van der Waals surface area (Å²) in [6.45, 7) is 3.24. The number of rotatable bonds is 4. The van der Waals surface area contributed by atoms with E-state index in [2.05, 4.69) is 26.0 Å². The minimum Gasteiger partial charge on any atom is -0.338 e. The summed E-state index contributed by atoms with van der Waals surface area (Å²) in [5, 5.41) is 13.5. The number of halogens is 1. The van der Waals surface area contributed by atoms with E-state index in [0.29, 0.717) is 36.2 Å². The van der Waals surface area contributed by atoms with Gasteiger partial charge in [0.05, 0.1) is 0 Å². The van der Waals surface area contributed by atoms with Crippen LogP contribution < -0.4 is 20.9 Å². The molecular formula is C19H26ClN7O2. The van der Waals surface area contributed by atoms with Crippen LogP contribution in [-0.4, -0.2) is 52.9 Å². The quantitative estimate of drug-likeness (QED) is 0.701. The predicted molar refractivity (Wildman–Crippen MR) is 113 cm³/mol. The molecule has 29 heavy (non-hydrogen) atoms. The maximum Gasteiger partial charge on any atom is 0.321 e. The summed E-state index contributed by atoms with van der Waals surface area (Å²) in [5.74, 6) is 1.25. The first-order valence-corrected chi connectivity index (χ1v) is 9.70. The monoisotopic (exact) mass is 419 g/mol. The minimum atomic E-state index is -0.272. The number of carbonyl (C=O) groups is 2. The van der Waals surface area contributed by atoms with E-state index >= 15 is 0 Å². The van der Waals surface area contributed by atoms with Gasteiger partial charge in [-0.2, -0.15) is 10.1 Å². The van der Waals surface area contributed by atoms with Gasteiger partial charge in [-0.25, -0.2) is 9.48 Å². The zero-order valence-electron chi connectivity index (χ0n) is 16.4. The molecule has 0 atom stereocenters. The highest BCUT2D eigenvalue weighted by molar-refractivity contribution is 6.04. The second kappa shape index (κ2) is 9.23. The van der Waals surface area contributed by atoms with Crippen LogP contribution in [0, 0.1) is 0 Å². The van der Waals surface area contributed by atoms with Gasteiger partial charge in [0.15, 0.2) is 5.82 Å². The van der Waals surface area contributed by atoms with E-state index in [4.69, 9.17) is 0 Å². The van der Waals surface area contributed by atoms with Gasteiger partial charge >= 0.3 is 6.03 Å². The topological polar surface area (TPSA) is 104 Å². The molecule has 0 bridgehead atoms. The number of piperidine rings is 1. The van der Waals surface area contributed by atoms with Gasteiger partial charge in [-0.3, -0.25) is 15.0 Å². The molecule has 2 aliphatic rings. The summed E-state index contributed by atoms with van der Waals surface area (Å²) in [7, 11) is 1.78. The molecule has 2 fully saturated rings. The van der Waals surface area contributed by atoms with E-state index in [9.17, 15) is 9.59 Å². The number of anilines is 2. The van der Waals surface area contributed by atoms with Crippen molar-refractivity contribution in [1.82, 2.24) is 25.4 Å². The first kappa shape index (κ1) is 21.1. The van der Waals surface area contributed by atoms with E-state index in [1.807, 2.05) is 6.07 Å². The van der Waals surface area contributed by atoms with Crippen LogP contribution in [0.15, 0.2) is 24.3 Å². The lowest BCUT2D eigenvalue weighted by molar-refractivity contribution is 0.102.